The molecule has 0 saturated heterocycles. The maximum Gasteiger partial charge on any atom is 0.118 e. The summed E-state index contributed by atoms with van der Waals surface area (Å²) in [7, 11) is 0. The van der Waals surface area contributed by atoms with Gasteiger partial charge in [0.15, 0.2) is 0 Å². The molecule has 66 valence electrons. The Bertz CT molecular complexity index is 269. The lowest BCUT2D eigenvalue weighted by molar-refractivity contribution is 0.465. The van der Waals surface area contributed by atoms with Gasteiger partial charge in [-0.05, 0) is 31.9 Å². The van der Waals surface area contributed by atoms with Crippen LogP contribution in [-0.4, -0.2) is 11.1 Å². The van der Waals surface area contributed by atoms with Crippen LogP contribution in [-0.2, 0) is 6.42 Å². The summed E-state index contributed by atoms with van der Waals surface area (Å²) in [6, 6.07) is 5.67. The molecule has 0 aliphatic carbocycles. The molecule has 0 aliphatic rings. The van der Waals surface area contributed by atoms with E-state index >= 15 is 0 Å². The number of rotatable bonds is 2. The van der Waals surface area contributed by atoms with Crippen molar-refractivity contribution in [3.63, 3.8) is 0 Å². The van der Waals surface area contributed by atoms with E-state index in [2.05, 4.69) is 0 Å². The number of hydrogen-bond donors (Lipinski definition) is 2. The first-order chi connectivity index (χ1) is 5.59. The summed E-state index contributed by atoms with van der Waals surface area (Å²) >= 11 is 0. The van der Waals surface area contributed by atoms with Crippen LogP contribution in [0.25, 0.3) is 0 Å². The predicted molar refractivity (Wildman–Crippen MR) is 50.2 cm³/mol. The van der Waals surface area contributed by atoms with Crippen LogP contribution in [0.3, 0.4) is 0 Å². The van der Waals surface area contributed by atoms with Crippen LogP contribution in [0.5, 0.6) is 5.75 Å². The van der Waals surface area contributed by atoms with E-state index in [0.29, 0.717) is 5.75 Å². The largest absolute Gasteiger partial charge is 0.508 e. The van der Waals surface area contributed by atoms with Crippen molar-refractivity contribution >= 4 is 0 Å². The highest BCUT2D eigenvalue weighted by Gasteiger charge is 2.03. The molecule has 0 fully saturated rings. The Balaban J connectivity index is 2.90. The van der Waals surface area contributed by atoms with E-state index in [9.17, 15) is 5.11 Å². The van der Waals surface area contributed by atoms with Crippen LogP contribution in [0.2, 0.25) is 0 Å². The van der Waals surface area contributed by atoms with Gasteiger partial charge in [-0.3, -0.25) is 0 Å². The second kappa shape index (κ2) is 3.59. The molecule has 2 nitrogen and oxygen atoms in total. The lowest BCUT2D eigenvalue weighted by Crippen LogP contribution is -2.17. The van der Waals surface area contributed by atoms with Gasteiger partial charge < -0.3 is 10.8 Å². The summed E-state index contributed by atoms with van der Waals surface area (Å²) in [6.45, 7) is 3.94. The van der Waals surface area contributed by atoms with Crippen LogP contribution < -0.4 is 5.73 Å². The third kappa shape index (κ3) is 2.24. The van der Waals surface area contributed by atoms with E-state index in [1.165, 1.54) is 0 Å². The summed E-state index contributed by atoms with van der Waals surface area (Å²) < 4.78 is 0. The number of phenols is 1. The second-order valence-electron chi connectivity index (χ2n) is 3.31. The lowest BCUT2D eigenvalue weighted by Gasteiger charge is -2.07. The molecule has 0 radical (unpaired) electrons. The summed E-state index contributed by atoms with van der Waals surface area (Å²) in [6.07, 6.45) is 0.730. The van der Waals surface area contributed by atoms with Crippen LogP contribution in [0.4, 0.5) is 0 Å². The van der Waals surface area contributed by atoms with Gasteiger partial charge in [0.05, 0.1) is 0 Å². The molecule has 3 N–H and O–H groups in total. The maximum atomic E-state index is 9.43. The first-order valence-electron chi connectivity index (χ1n) is 4.13. The highest BCUT2D eigenvalue weighted by molar-refractivity contribution is 5.36. The van der Waals surface area contributed by atoms with Crippen molar-refractivity contribution in [3.8, 4) is 5.75 Å². The SMILES string of the molecule is Cc1ccc(O)c(C[C@@H](C)N)c1. The first-order valence-corrected chi connectivity index (χ1v) is 4.13. The van der Waals surface area contributed by atoms with E-state index < -0.39 is 0 Å². The average molecular weight is 165 g/mol. The van der Waals surface area contributed by atoms with Crippen molar-refractivity contribution in [2.24, 2.45) is 5.73 Å². The van der Waals surface area contributed by atoms with Gasteiger partial charge in [0.25, 0.3) is 0 Å². The van der Waals surface area contributed by atoms with Crippen molar-refractivity contribution in [2.75, 3.05) is 0 Å². The fourth-order valence-corrected chi connectivity index (χ4v) is 1.22. The molecule has 0 bridgehead atoms. The zero-order valence-electron chi connectivity index (χ0n) is 7.54. The van der Waals surface area contributed by atoms with Crippen LogP contribution in [0.1, 0.15) is 18.1 Å². The van der Waals surface area contributed by atoms with Crippen LogP contribution in [0, 0.1) is 6.92 Å². The minimum absolute atomic E-state index is 0.0951. The highest BCUT2D eigenvalue weighted by atomic mass is 16.3. The zero-order chi connectivity index (χ0) is 9.14. The quantitative estimate of drug-likeness (QED) is 0.699. The smallest absolute Gasteiger partial charge is 0.118 e. The molecule has 12 heavy (non-hydrogen) atoms. The summed E-state index contributed by atoms with van der Waals surface area (Å²) in [4.78, 5) is 0. The minimum Gasteiger partial charge on any atom is -0.508 e. The van der Waals surface area contributed by atoms with E-state index in [-0.39, 0.29) is 6.04 Å². The van der Waals surface area contributed by atoms with Crippen molar-refractivity contribution in [2.45, 2.75) is 26.3 Å². The Kier molecular flexibility index (Phi) is 2.71. The van der Waals surface area contributed by atoms with Gasteiger partial charge in [0.2, 0.25) is 0 Å². The molecule has 1 aromatic rings. The molecular formula is C10H15NO. The van der Waals surface area contributed by atoms with Gasteiger partial charge >= 0.3 is 0 Å². The monoisotopic (exact) mass is 165 g/mol. The molecule has 0 amide bonds. The second-order valence-corrected chi connectivity index (χ2v) is 3.31. The fraction of sp³-hybridized carbons (Fsp3) is 0.400. The van der Waals surface area contributed by atoms with Crippen LogP contribution >= 0.6 is 0 Å². The van der Waals surface area contributed by atoms with Gasteiger partial charge in [0, 0.05) is 6.04 Å². The molecule has 0 spiro atoms. The molecule has 1 aromatic carbocycles. The predicted octanol–water partition coefficient (Wildman–Crippen LogP) is 1.59. The van der Waals surface area contributed by atoms with E-state index in [0.717, 1.165) is 17.5 Å². The molecule has 0 aliphatic heterocycles. The Morgan fingerprint density at radius 3 is 2.75 bits per heavy atom. The van der Waals surface area contributed by atoms with E-state index in [4.69, 9.17) is 5.73 Å². The first kappa shape index (κ1) is 9.07. The van der Waals surface area contributed by atoms with Crippen molar-refractivity contribution in [3.05, 3.63) is 29.3 Å². The molecule has 2 heteroatoms. The van der Waals surface area contributed by atoms with Gasteiger partial charge in [-0.25, -0.2) is 0 Å². The Morgan fingerprint density at radius 2 is 2.17 bits per heavy atom. The van der Waals surface area contributed by atoms with Crippen molar-refractivity contribution in [1.82, 2.24) is 0 Å². The summed E-state index contributed by atoms with van der Waals surface area (Å²) in [5, 5.41) is 9.43. The van der Waals surface area contributed by atoms with Gasteiger partial charge in [0.1, 0.15) is 5.75 Å². The number of hydrogen-bond acceptors (Lipinski definition) is 2. The molecular weight excluding hydrogens is 150 g/mol. The lowest BCUT2D eigenvalue weighted by atomic mass is 10.0. The third-order valence-electron chi connectivity index (χ3n) is 1.78. The Morgan fingerprint density at radius 1 is 1.50 bits per heavy atom. The topological polar surface area (TPSA) is 46.2 Å². The zero-order valence-corrected chi connectivity index (χ0v) is 7.54. The summed E-state index contributed by atoms with van der Waals surface area (Å²) in [5.74, 6) is 0.345. The summed E-state index contributed by atoms with van der Waals surface area (Å²) in [5.41, 5.74) is 7.72. The molecule has 1 atom stereocenters. The highest BCUT2D eigenvalue weighted by Crippen LogP contribution is 2.19. The number of benzene rings is 1. The van der Waals surface area contributed by atoms with Crippen LogP contribution in [0.15, 0.2) is 18.2 Å². The molecule has 0 heterocycles. The third-order valence-corrected chi connectivity index (χ3v) is 1.78. The van der Waals surface area contributed by atoms with Crippen molar-refractivity contribution in [1.29, 1.82) is 0 Å². The molecule has 1 rings (SSSR count). The molecule has 0 unspecified atom stereocenters. The van der Waals surface area contributed by atoms with Gasteiger partial charge in [-0.1, -0.05) is 17.7 Å². The minimum atomic E-state index is 0.0951. The van der Waals surface area contributed by atoms with Gasteiger partial charge in [-0.15, -0.1) is 0 Å². The van der Waals surface area contributed by atoms with E-state index in [1.807, 2.05) is 26.0 Å². The fourth-order valence-electron chi connectivity index (χ4n) is 1.22. The average Bonchev–Trinajstić information content (AvgIpc) is 1.96. The number of aryl methyl sites for hydroxylation is 1. The maximum absolute atomic E-state index is 9.43. The Labute approximate surface area is 73.0 Å². The normalized spacial score (nSPS) is 12.9. The number of nitrogens with two attached hydrogens (primary N) is 1. The number of aromatic hydroxyl groups is 1. The Hall–Kier alpha value is -1.02. The van der Waals surface area contributed by atoms with Gasteiger partial charge in [-0.2, -0.15) is 0 Å². The number of phenolic OH excluding ortho intramolecular Hbond substituents is 1. The van der Waals surface area contributed by atoms with Crippen molar-refractivity contribution < 1.29 is 5.11 Å². The standard InChI is InChI=1S/C10H15NO/c1-7-3-4-10(12)9(5-7)6-8(2)11/h3-5,8,12H,6,11H2,1-2H3/t8-/m1/s1. The van der Waals surface area contributed by atoms with E-state index in [1.54, 1.807) is 6.07 Å². The molecule has 0 saturated carbocycles. The molecule has 0 aromatic heterocycles.